The topological polar surface area (TPSA) is 32.3 Å². The van der Waals surface area contributed by atoms with Crippen LogP contribution in [0.25, 0.3) is 0 Å². The molecule has 3 rings (SSSR count). The van der Waals surface area contributed by atoms with Crippen LogP contribution >= 0.6 is 0 Å². The lowest BCUT2D eigenvalue weighted by molar-refractivity contribution is -0.0128. The normalized spacial score (nSPS) is 37.1. The van der Waals surface area contributed by atoms with Crippen molar-refractivity contribution in [3.8, 4) is 0 Å². The highest BCUT2D eigenvalue weighted by molar-refractivity contribution is 5.18. The molecule has 2 saturated carbocycles. The zero-order chi connectivity index (χ0) is 12.8. The fraction of sp³-hybridized carbons (Fsp3) is 0.625. The highest BCUT2D eigenvalue weighted by Gasteiger charge is 2.60. The third-order valence-electron chi connectivity index (χ3n) is 5.21. The summed E-state index contributed by atoms with van der Waals surface area (Å²) >= 11 is 0. The molecule has 0 aliphatic heterocycles. The summed E-state index contributed by atoms with van der Waals surface area (Å²) < 4.78 is 0. The van der Waals surface area contributed by atoms with Gasteiger partial charge in [0.2, 0.25) is 0 Å². The van der Waals surface area contributed by atoms with Crippen molar-refractivity contribution in [3.63, 3.8) is 0 Å². The van der Waals surface area contributed by atoms with E-state index in [0.29, 0.717) is 5.92 Å². The minimum atomic E-state index is -0.469. The molecular formula is C16H23NO. The van der Waals surface area contributed by atoms with Crippen molar-refractivity contribution in [1.82, 2.24) is 5.32 Å². The molecular weight excluding hydrogens is 222 g/mol. The molecule has 2 heteroatoms. The molecule has 2 aliphatic rings. The lowest BCUT2D eigenvalue weighted by Crippen LogP contribution is -2.54. The second kappa shape index (κ2) is 4.07. The van der Waals surface area contributed by atoms with Crippen molar-refractivity contribution in [2.24, 2.45) is 11.3 Å². The van der Waals surface area contributed by atoms with Crippen LogP contribution in [0.1, 0.15) is 38.7 Å². The Kier molecular flexibility index (Phi) is 2.76. The van der Waals surface area contributed by atoms with Gasteiger partial charge in [0.05, 0.1) is 5.60 Å². The molecule has 0 aromatic heterocycles. The Bertz CT molecular complexity index is 423. The fourth-order valence-corrected chi connectivity index (χ4v) is 4.15. The first-order valence-electron chi connectivity index (χ1n) is 7.02. The summed E-state index contributed by atoms with van der Waals surface area (Å²) in [6, 6.07) is 10.7. The van der Waals surface area contributed by atoms with E-state index in [9.17, 15) is 5.11 Å². The van der Waals surface area contributed by atoms with Gasteiger partial charge in [-0.3, -0.25) is 0 Å². The third kappa shape index (κ3) is 1.79. The number of nitrogens with one attached hydrogen (secondary N) is 1. The molecule has 98 valence electrons. The van der Waals surface area contributed by atoms with Crippen LogP contribution in [-0.4, -0.2) is 16.7 Å². The highest BCUT2D eigenvalue weighted by Crippen LogP contribution is 2.57. The van der Waals surface area contributed by atoms with Crippen molar-refractivity contribution < 1.29 is 5.11 Å². The van der Waals surface area contributed by atoms with Crippen molar-refractivity contribution >= 4 is 0 Å². The number of rotatable bonds is 3. The number of hydrogen-bond acceptors (Lipinski definition) is 2. The summed E-state index contributed by atoms with van der Waals surface area (Å²) in [5.41, 5.74) is 1.03. The van der Waals surface area contributed by atoms with Crippen LogP contribution in [0.15, 0.2) is 30.3 Å². The molecule has 2 nitrogen and oxygen atoms in total. The van der Waals surface area contributed by atoms with Gasteiger partial charge in [-0.2, -0.15) is 0 Å². The van der Waals surface area contributed by atoms with Gasteiger partial charge in [0.15, 0.2) is 0 Å². The molecule has 2 aliphatic carbocycles. The van der Waals surface area contributed by atoms with E-state index in [-0.39, 0.29) is 11.5 Å². The van der Waals surface area contributed by atoms with Crippen molar-refractivity contribution in [2.45, 2.75) is 51.3 Å². The van der Waals surface area contributed by atoms with Crippen LogP contribution in [0, 0.1) is 11.3 Å². The Balaban J connectivity index is 1.73. The maximum absolute atomic E-state index is 10.8. The van der Waals surface area contributed by atoms with Gasteiger partial charge in [0.1, 0.15) is 0 Å². The van der Waals surface area contributed by atoms with Gasteiger partial charge in [-0.15, -0.1) is 0 Å². The molecule has 3 atom stereocenters. The van der Waals surface area contributed by atoms with E-state index >= 15 is 0 Å². The molecule has 0 heterocycles. The van der Waals surface area contributed by atoms with E-state index in [4.69, 9.17) is 0 Å². The van der Waals surface area contributed by atoms with E-state index in [1.165, 1.54) is 12.0 Å². The lowest BCUT2D eigenvalue weighted by Gasteiger charge is -2.42. The SMILES string of the molecule is CC1(C)[C@@H]2CC[C@@](O)(C2)[C@@H]1NCc1ccccc1. The van der Waals surface area contributed by atoms with Crippen LogP contribution in [0.4, 0.5) is 0 Å². The summed E-state index contributed by atoms with van der Waals surface area (Å²) in [5, 5.41) is 14.4. The smallest absolute Gasteiger partial charge is 0.0808 e. The summed E-state index contributed by atoms with van der Waals surface area (Å²) in [7, 11) is 0. The molecule has 0 saturated heterocycles. The zero-order valence-corrected chi connectivity index (χ0v) is 11.3. The molecule has 0 radical (unpaired) electrons. The molecule has 1 aromatic rings. The van der Waals surface area contributed by atoms with Crippen LogP contribution in [0.2, 0.25) is 0 Å². The van der Waals surface area contributed by atoms with Gasteiger partial charge in [-0.25, -0.2) is 0 Å². The van der Waals surface area contributed by atoms with Gasteiger partial charge in [-0.05, 0) is 36.2 Å². The van der Waals surface area contributed by atoms with E-state index in [0.717, 1.165) is 19.4 Å². The molecule has 0 unspecified atom stereocenters. The molecule has 1 aromatic carbocycles. The van der Waals surface area contributed by atoms with Crippen molar-refractivity contribution in [2.75, 3.05) is 0 Å². The number of fused-ring (bicyclic) bond motifs is 2. The largest absolute Gasteiger partial charge is 0.388 e. The molecule has 18 heavy (non-hydrogen) atoms. The van der Waals surface area contributed by atoms with Crippen LogP contribution < -0.4 is 5.32 Å². The van der Waals surface area contributed by atoms with Crippen LogP contribution in [0.5, 0.6) is 0 Å². The summed E-state index contributed by atoms with van der Waals surface area (Å²) in [6.45, 7) is 5.46. The van der Waals surface area contributed by atoms with Gasteiger partial charge >= 0.3 is 0 Å². The van der Waals surface area contributed by atoms with Gasteiger partial charge in [0, 0.05) is 12.6 Å². The fourth-order valence-electron chi connectivity index (χ4n) is 4.15. The standard InChI is InChI=1S/C16H23NO/c1-15(2)13-8-9-16(18,10-13)14(15)17-11-12-6-4-3-5-7-12/h3-7,13-14,17-18H,8-11H2,1-2H3/t13-,14-,16-/m1/s1. The van der Waals surface area contributed by atoms with E-state index in [2.05, 4.69) is 43.4 Å². The quantitative estimate of drug-likeness (QED) is 0.858. The first-order valence-corrected chi connectivity index (χ1v) is 7.02. The Morgan fingerprint density at radius 1 is 1.28 bits per heavy atom. The maximum Gasteiger partial charge on any atom is 0.0808 e. The zero-order valence-electron chi connectivity index (χ0n) is 11.3. The monoisotopic (exact) mass is 245 g/mol. The minimum Gasteiger partial charge on any atom is -0.388 e. The Morgan fingerprint density at radius 2 is 2.00 bits per heavy atom. The predicted octanol–water partition coefficient (Wildman–Crippen LogP) is 2.72. The van der Waals surface area contributed by atoms with Gasteiger partial charge < -0.3 is 10.4 Å². The number of hydrogen-bond donors (Lipinski definition) is 2. The summed E-state index contributed by atoms with van der Waals surface area (Å²) in [5.74, 6) is 0.677. The number of benzene rings is 1. The average molecular weight is 245 g/mol. The van der Waals surface area contributed by atoms with E-state index in [1.807, 2.05) is 6.07 Å². The Labute approximate surface area is 109 Å². The highest BCUT2D eigenvalue weighted by atomic mass is 16.3. The maximum atomic E-state index is 10.8. The van der Waals surface area contributed by atoms with Crippen molar-refractivity contribution in [3.05, 3.63) is 35.9 Å². The van der Waals surface area contributed by atoms with Crippen LogP contribution in [-0.2, 0) is 6.54 Å². The first kappa shape index (κ1) is 12.2. The Morgan fingerprint density at radius 3 is 2.61 bits per heavy atom. The molecule has 2 bridgehead atoms. The molecule has 2 N–H and O–H groups in total. The summed E-state index contributed by atoms with van der Waals surface area (Å²) in [6.07, 6.45) is 3.13. The molecule has 2 fully saturated rings. The number of aliphatic hydroxyl groups is 1. The molecule has 0 spiro atoms. The first-order chi connectivity index (χ1) is 8.52. The average Bonchev–Trinajstić information content (AvgIpc) is 2.81. The van der Waals surface area contributed by atoms with Gasteiger partial charge in [-0.1, -0.05) is 44.2 Å². The predicted molar refractivity (Wildman–Crippen MR) is 73.1 cm³/mol. The minimum absolute atomic E-state index is 0.210. The van der Waals surface area contributed by atoms with Crippen molar-refractivity contribution in [1.29, 1.82) is 0 Å². The summed E-state index contributed by atoms with van der Waals surface area (Å²) in [4.78, 5) is 0. The lowest BCUT2D eigenvalue weighted by atomic mass is 9.71. The van der Waals surface area contributed by atoms with Crippen LogP contribution in [0.3, 0.4) is 0 Å². The second-order valence-electron chi connectivity index (χ2n) is 6.66. The molecule has 0 amide bonds. The van der Waals surface area contributed by atoms with Gasteiger partial charge in [0.25, 0.3) is 0 Å². The van der Waals surface area contributed by atoms with E-state index in [1.54, 1.807) is 0 Å². The second-order valence-corrected chi connectivity index (χ2v) is 6.66. The van der Waals surface area contributed by atoms with E-state index < -0.39 is 5.60 Å². The Hall–Kier alpha value is -0.860. The third-order valence-corrected chi connectivity index (χ3v) is 5.21.